The smallest absolute Gasteiger partial charge is 0.340 e. The Bertz CT molecular complexity index is 925. The van der Waals surface area contributed by atoms with Crippen LogP contribution in [0.15, 0.2) is 48.8 Å². The number of carboxylic acid groups (broad SMARTS) is 1. The lowest BCUT2D eigenvalue weighted by molar-refractivity contribution is 0.0689. The molecule has 1 aliphatic rings. The quantitative estimate of drug-likeness (QED) is 0.633. The number of nitrogen functional groups attached to an aromatic ring is 1. The number of benzene rings is 1. The van der Waals surface area contributed by atoms with Gasteiger partial charge in [-0.2, -0.15) is 0 Å². The van der Waals surface area contributed by atoms with Crippen molar-refractivity contribution in [3.8, 4) is 0 Å². The molecule has 2 unspecified atom stereocenters. The van der Waals surface area contributed by atoms with Gasteiger partial charge in [0.1, 0.15) is 11.4 Å². The van der Waals surface area contributed by atoms with E-state index in [4.69, 9.17) is 5.73 Å². The van der Waals surface area contributed by atoms with Gasteiger partial charge in [0.05, 0.1) is 16.8 Å². The van der Waals surface area contributed by atoms with E-state index < -0.39 is 23.5 Å². The number of rotatable bonds is 7. The summed E-state index contributed by atoms with van der Waals surface area (Å²) >= 11 is 0. The van der Waals surface area contributed by atoms with Crippen molar-refractivity contribution >= 4 is 23.3 Å². The number of hydrogen-bond donors (Lipinski definition) is 3. The van der Waals surface area contributed by atoms with Crippen LogP contribution in [-0.2, 0) is 6.54 Å². The molecule has 2 heterocycles. The molecule has 0 amide bonds. The molecule has 2 aromatic rings. The van der Waals surface area contributed by atoms with E-state index in [1.54, 1.807) is 31.1 Å². The number of Topliss-reactive ketones (excluding diaryl/α,β-unsaturated/α-hetero) is 1. The summed E-state index contributed by atoms with van der Waals surface area (Å²) in [5, 5.41) is 11.2. The van der Waals surface area contributed by atoms with Gasteiger partial charge >= 0.3 is 5.97 Å². The number of carboxylic acids is 1. The van der Waals surface area contributed by atoms with E-state index >= 15 is 4.39 Å². The summed E-state index contributed by atoms with van der Waals surface area (Å²) in [5.41, 5.74) is 8.34. The molecule has 0 radical (unpaired) electrons. The van der Waals surface area contributed by atoms with E-state index in [1.807, 2.05) is 30.3 Å². The van der Waals surface area contributed by atoms with E-state index in [-0.39, 0.29) is 23.4 Å². The second-order valence-electron chi connectivity index (χ2n) is 6.92. The van der Waals surface area contributed by atoms with Crippen molar-refractivity contribution in [3.63, 3.8) is 0 Å². The summed E-state index contributed by atoms with van der Waals surface area (Å²) in [6.07, 6.45) is 2.74. The van der Waals surface area contributed by atoms with Crippen molar-refractivity contribution < 1.29 is 19.1 Å². The van der Waals surface area contributed by atoms with Crippen LogP contribution >= 0.6 is 0 Å². The van der Waals surface area contributed by atoms with Gasteiger partial charge in [0.15, 0.2) is 12.0 Å². The summed E-state index contributed by atoms with van der Waals surface area (Å²) < 4.78 is 16.5. The number of hydrogen-bond acceptors (Lipinski definition) is 5. The lowest BCUT2D eigenvalue weighted by Gasteiger charge is -2.36. The molecular weight excluding hydrogens is 363 g/mol. The summed E-state index contributed by atoms with van der Waals surface area (Å²) in [7, 11) is 0. The molecule has 0 saturated carbocycles. The third kappa shape index (κ3) is 3.33. The van der Waals surface area contributed by atoms with Crippen molar-refractivity contribution in [2.45, 2.75) is 38.5 Å². The van der Waals surface area contributed by atoms with Gasteiger partial charge in [-0.05, 0) is 32.1 Å². The SMILES string of the molecule is CCn1cc(C(=O)C(F)CC2(C)C=CNN2c2ccccc2)c(C(=O)O)c1N. The summed E-state index contributed by atoms with van der Waals surface area (Å²) in [5.74, 6) is -2.28. The van der Waals surface area contributed by atoms with Crippen molar-refractivity contribution in [1.29, 1.82) is 0 Å². The first-order valence-corrected chi connectivity index (χ1v) is 8.98. The molecule has 0 spiro atoms. The van der Waals surface area contributed by atoms with E-state index in [1.165, 1.54) is 10.8 Å². The fourth-order valence-electron chi connectivity index (χ4n) is 3.49. The number of aryl methyl sites for hydroxylation is 1. The molecule has 0 saturated heterocycles. The van der Waals surface area contributed by atoms with Crippen LogP contribution in [0.3, 0.4) is 0 Å². The normalized spacial score (nSPS) is 19.5. The molecule has 4 N–H and O–H groups in total. The molecular formula is C20H23FN4O3. The number of carbonyl (C=O) groups excluding carboxylic acids is 1. The maximum absolute atomic E-state index is 15.1. The molecule has 0 fully saturated rings. The lowest BCUT2D eigenvalue weighted by Crippen LogP contribution is -2.49. The first-order chi connectivity index (χ1) is 13.3. The number of nitrogens with two attached hydrogens (primary N) is 1. The Hall–Kier alpha value is -3.29. The number of para-hydroxylation sites is 1. The summed E-state index contributed by atoms with van der Waals surface area (Å²) in [4.78, 5) is 24.3. The Morgan fingerprint density at radius 3 is 2.61 bits per heavy atom. The average Bonchev–Trinajstić information content (AvgIpc) is 3.21. The van der Waals surface area contributed by atoms with Crippen molar-refractivity contribution in [2.75, 3.05) is 10.7 Å². The summed E-state index contributed by atoms with van der Waals surface area (Å²) in [6, 6.07) is 9.35. The van der Waals surface area contributed by atoms with Crippen molar-refractivity contribution in [1.82, 2.24) is 9.99 Å². The van der Waals surface area contributed by atoms with E-state index in [0.29, 0.717) is 6.54 Å². The fraction of sp³-hybridized carbons (Fsp3) is 0.300. The predicted octanol–water partition coefficient (Wildman–Crippen LogP) is 3.00. The Balaban J connectivity index is 1.87. The Morgan fingerprint density at radius 1 is 1.32 bits per heavy atom. The van der Waals surface area contributed by atoms with Crippen molar-refractivity contribution in [3.05, 3.63) is 59.9 Å². The fourth-order valence-corrected chi connectivity index (χ4v) is 3.49. The second kappa shape index (κ2) is 7.38. The van der Waals surface area contributed by atoms with Crippen LogP contribution in [0.4, 0.5) is 15.9 Å². The highest BCUT2D eigenvalue weighted by atomic mass is 19.1. The molecule has 0 aliphatic carbocycles. The number of alkyl halides is 1. The van der Waals surface area contributed by atoms with Gasteiger partial charge in [-0.1, -0.05) is 18.2 Å². The predicted molar refractivity (Wildman–Crippen MR) is 105 cm³/mol. The molecule has 1 aromatic heterocycles. The minimum absolute atomic E-state index is 0.0508. The number of aromatic carboxylic acids is 1. The Labute approximate surface area is 162 Å². The lowest BCUT2D eigenvalue weighted by atomic mass is 9.90. The number of anilines is 2. The number of ketones is 1. The van der Waals surface area contributed by atoms with Crippen LogP contribution in [0.1, 0.15) is 41.0 Å². The van der Waals surface area contributed by atoms with Gasteiger partial charge in [-0.3, -0.25) is 9.80 Å². The molecule has 28 heavy (non-hydrogen) atoms. The molecule has 1 aromatic carbocycles. The van der Waals surface area contributed by atoms with E-state index in [0.717, 1.165) is 5.69 Å². The largest absolute Gasteiger partial charge is 0.478 e. The maximum atomic E-state index is 15.1. The maximum Gasteiger partial charge on any atom is 0.340 e. The van der Waals surface area contributed by atoms with Crippen molar-refractivity contribution in [2.24, 2.45) is 0 Å². The third-order valence-electron chi connectivity index (χ3n) is 4.99. The number of hydrazine groups is 1. The highest BCUT2D eigenvalue weighted by molar-refractivity contribution is 6.10. The number of nitrogens with one attached hydrogen (secondary N) is 1. The van der Waals surface area contributed by atoms with Gasteiger partial charge in [-0.25, -0.2) is 9.18 Å². The standard InChI is InChI=1S/C20H23FN4O3/c1-3-24-12-14(16(18(24)22)19(27)28)17(26)15(21)11-20(2)9-10-23-25(20)13-7-5-4-6-8-13/h4-10,12,15,23H,3,11,22H2,1-2H3,(H,27,28). The number of nitrogens with zero attached hydrogens (tertiary/aromatic N) is 2. The van der Waals surface area contributed by atoms with Crippen LogP contribution in [-0.4, -0.2) is 33.1 Å². The molecule has 8 heteroatoms. The van der Waals surface area contributed by atoms with Crippen LogP contribution in [0.25, 0.3) is 0 Å². The molecule has 2 atom stereocenters. The molecule has 7 nitrogen and oxygen atoms in total. The van der Waals surface area contributed by atoms with E-state index in [9.17, 15) is 14.7 Å². The van der Waals surface area contributed by atoms with Crippen LogP contribution in [0.5, 0.6) is 0 Å². The molecule has 1 aliphatic heterocycles. The Kier molecular flexibility index (Phi) is 5.13. The third-order valence-corrected chi connectivity index (χ3v) is 4.99. The first-order valence-electron chi connectivity index (χ1n) is 8.98. The molecule has 148 valence electrons. The first kappa shape index (κ1) is 19.5. The highest BCUT2D eigenvalue weighted by Gasteiger charge is 2.39. The molecule has 3 rings (SSSR count). The monoisotopic (exact) mass is 386 g/mol. The van der Waals surface area contributed by atoms with E-state index in [2.05, 4.69) is 5.43 Å². The van der Waals surface area contributed by atoms with Crippen LogP contribution < -0.4 is 16.2 Å². The highest BCUT2D eigenvalue weighted by Crippen LogP contribution is 2.33. The average molecular weight is 386 g/mol. The zero-order valence-electron chi connectivity index (χ0n) is 15.7. The zero-order valence-corrected chi connectivity index (χ0v) is 15.7. The Morgan fingerprint density at radius 2 is 2.00 bits per heavy atom. The van der Waals surface area contributed by atoms with Gasteiger partial charge < -0.3 is 20.8 Å². The number of halogens is 1. The number of aromatic nitrogens is 1. The van der Waals surface area contributed by atoms with Crippen LogP contribution in [0.2, 0.25) is 0 Å². The van der Waals surface area contributed by atoms with Gasteiger partial charge in [0, 0.05) is 25.4 Å². The minimum Gasteiger partial charge on any atom is -0.478 e. The van der Waals surface area contributed by atoms with Crippen LogP contribution in [0, 0.1) is 0 Å². The zero-order chi connectivity index (χ0) is 20.5. The topological polar surface area (TPSA) is 101 Å². The minimum atomic E-state index is -1.90. The van der Waals surface area contributed by atoms with Gasteiger partial charge in [0.2, 0.25) is 0 Å². The second-order valence-corrected chi connectivity index (χ2v) is 6.92. The summed E-state index contributed by atoms with van der Waals surface area (Å²) in [6.45, 7) is 3.94. The van der Waals surface area contributed by atoms with Gasteiger partial charge in [-0.15, -0.1) is 0 Å². The van der Waals surface area contributed by atoms with Gasteiger partial charge in [0.25, 0.3) is 0 Å². The number of carbonyl (C=O) groups is 2. The molecule has 0 bridgehead atoms.